The maximum absolute atomic E-state index is 11.5. The molecule has 0 saturated heterocycles. The van der Waals surface area contributed by atoms with Gasteiger partial charge in [0.1, 0.15) is 11.4 Å². The average molecular weight is 214 g/mol. The lowest BCUT2D eigenvalue weighted by Crippen LogP contribution is -2.31. The Kier molecular flexibility index (Phi) is 2.80. The zero-order valence-corrected chi connectivity index (χ0v) is 8.59. The van der Waals surface area contributed by atoms with E-state index in [1.807, 2.05) is 0 Å². The summed E-state index contributed by atoms with van der Waals surface area (Å²) in [6.45, 7) is 0. The van der Waals surface area contributed by atoms with Crippen molar-refractivity contribution in [3.05, 3.63) is 15.9 Å². The molecule has 0 aliphatic heterocycles. The van der Waals surface area contributed by atoms with Crippen molar-refractivity contribution in [2.45, 2.75) is 5.16 Å². The van der Waals surface area contributed by atoms with Gasteiger partial charge in [-0.05, 0) is 6.26 Å². The van der Waals surface area contributed by atoms with Crippen LogP contribution in [0.15, 0.2) is 9.95 Å². The molecule has 14 heavy (non-hydrogen) atoms. The van der Waals surface area contributed by atoms with Crippen LogP contribution in [-0.4, -0.2) is 21.7 Å². The van der Waals surface area contributed by atoms with Crippen molar-refractivity contribution < 1.29 is 4.79 Å². The molecule has 1 rings (SSSR count). The van der Waals surface area contributed by atoms with E-state index in [1.165, 1.54) is 23.4 Å². The van der Waals surface area contributed by atoms with Gasteiger partial charge in [0, 0.05) is 7.05 Å². The number of hydrogen-bond acceptors (Lipinski definition) is 5. The minimum atomic E-state index is -0.858. The highest BCUT2D eigenvalue weighted by Gasteiger charge is 2.16. The Bertz CT molecular complexity index is 440. The van der Waals surface area contributed by atoms with Gasteiger partial charge in [-0.15, -0.1) is 0 Å². The Hall–Kier alpha value is -1.50. The number of thioether (sulfide) groups is 1. The van der Waals surface area contributed by atoms with Crippen molar-refractivity contribution >= 4 is 23.5 Å². The van der Waals surface area contributed by atoms with Gasteiger partial charge in [0.2, 0.25) is 0 Å². The summed E-state index contributed by atoms with van der Waals surface area (Å²) in [6, 6.07) is 0. The van der Waals surface area contributed by atoms with E-state index in [0.717, 1.165) is 0 Å². The highest BCUT2D eigenvalue weighted by molar-refractivity contribution is 7.98. The zero-order valence-electron chi connectivity index (χ0n) is 7.77. The molecule has 0 bridgehead atoms. The van der Waals surface area contributed by atoms with Gasteiger partial charge in [0.15, 0.2) is 5.16 Å². The summed E-state index contributed by atoms with van der Waals surface area (Å²) in [4.78, 5) is 26.3. The number of rotatable bonds is 2. The van der Waals surface area contributed by atoms with Crippen LogP contribution >= 0.6 is 11.8 Å². The molecule has 0 fully saturated rings. The van der Waals surface area contributed by atoms with Crippen LogP contribution in [0.25, 0.3) is 0 Å². The molecule has 6 nitrogen and oxygen atoms in total. The van der Waals surface area contributed by atoms with Crippen LogP contribution in [0.5, 0.6) is 0 Å². The van der Waals surface area contributed by atoms with Crippen LogP contribution in [0.1, 0.15) is 10.4 Å². The Balaban J connectivity index is 3.58. The summed E-state index contributed by atoms with van der Waals surface area (Å²) in [7, 11) is 1.51. The minimum Gasteiger partial charge on any atom is -0.383 e. The fourth-order valence-corrected chi connectivity index (χ4v) is 1.56. The van der Waals surface area contributed by atoms with Crippen molar-refractivity contribution in [2.24, 2.45) is 12.8 Å². The number of primary amides is 1. The summed E-state index contributed by atoms with van der Waals surface area (Å²) >= 11 is 1.26. The van der Waals surface area contributed by atoms with Gasteiger partial charge in [0.05, 0.1) is 0 Å². The van der Waals surface area contributed by atoms with Crippen LogP contribution in [0, 0.1) is 0 Å². The van der Waals surface area contributed by atoms with Crippen molar-refractivity contribution in [3.63, 3.8) is 0 Å². The zero-order chi connectivity index (χ0) is 10.9. The molecule has 0 aliphatic rings. The summed E-state index contributed by atoms with van der Waals surface area (Å²) < 4.78 is 1.24. The van der Waals surface area contributed by atoms with Gasteiger partial charge in [-0.25, -0.2) is 4.98 Å². The first-order valence-electron chi connectivity index (χ1n) is 3.69. The summed E-state index contributed by atoms with van der Waals surface area (Å²) in [6.07, 6.45) is 1.76. The second-order valence-corrected chi connectivity index (χ2v) is 3.36. The Morgan fingerprint density at radius 3 is 2.57 bits per heavy atom. The van der Waals surface area contributed by atoms with E-state index in [2.05, 4.69) is 4.98 Å². The smallest absolute Gasteiger partial charge is 0.268 e. The minimum absolute atomic E-state index is 0.120. The SMILES string of the molecule is CSc1nc(N)c(C(N)=O)c(=O)n1C. The number of carbonyl (C=O) groups is 1. The van der Waals surface area contributed by atoms with Crippen LogP contribution in [0.3, 0.4) is 0 Å². The third kappa shape index (κ3) is 1.58. The number of nitrogens with two attached hydrogens (primary N) is 2. The molecule has 7 heteroatoms. The van der Waals surface area contributed by atoms with Crippen LogP contribution < -0.4 is 17.0 Å². The lowest BCUT2D eigenvalue weighted by Gasteiger charge is -2.07. The fraction of sp³-hybridized carbons (Fsp3) is 0.286. The number of amides is 1. The van der Waals surface area contributed by atoms with Gasteiger partial charge in [0.25, 0.3) is 11.5 Å². The first-order valence-corrected chi connectivity index (χ1v) is 4.91. The quantitative estimate of drug-likeness (QED) is 0.494. The lowest BCUT2D eigenvalue weighted by atomic mass is 10.3. The van der Waals surface area contributed by atoms with Gasteiger partial charge in [-0.2, -0.15) is 0 Å². The van der Waals surface area contributed by atoms with Crippen LogP contribution in [0.4, 0.5) is 5.82 Å². The third-order valence-electron chi connectivity index (χ3n) is 1.71. The molecule has 1 aromatic heterocycles. The summed E-state index contributed by atoms with van der Waals surface area (Å²) in [5.41, 5.74) is 9.65. The molecule has 0 unspecified atom stereocenters. The fourth-order valence-electron chi connectivity index (χ4n) is 1.01. The highest BCUT2D eigenvalue weighted by atomic mass is 32.2. The maximum atomic E-state index is 11.5. The van der Waals surface area contributed by atoms with E-state index >= 15 is 0 Å². The van der Waals surface area contributed by atoms with Gasteiger partial charge in [-0.3, -0.25) is 14.2 Å². The summed E-state index contributed by atoms with van der Waals surface area (Å²) in [5.74, 6) is -0.979. The Morgan fingerprint density at radius 1 is 1.57 bits per heavy atom. The van der Waals surface area contributed by atoms with E-state index in [-0.39, 0.29) is 11.4 Å². The second-order valence-electron chi connectivity index (χ2n) is 2.59. The van der Waals surface area contributed by atoms with Crippen molar-refractivity contribution in [1.29, 1.82) is 0 Å². The predicted octanol–water partition coefficient (Wildman–Crippen LogP) is -0.817. The molecule has 0 atom stereocenters. The van der Waals surface area contributed by atoms with E-state index in [0.29, 0.717) is 5.16 Å². The molecule has 76 valence electrons. The molecule has 1 heterocycles. The maximum Gasteiger partial charge on any atom is 0.268 e. The molecule has 4 N–H and O–H groups in total. The second kappa shape index (κ2) is 3.70. The molecule has 0 aromatic carbocycles. The summed E-state index contributed by atoms with van der Waals surface area (Å²) in [5, 5.41) is 0.442. The number of nitrogen functional groups attached to an aromatic ring is 1. The van der Waals surface area contributed by atoms with Crippen LogP contribution in [-0.2, 0) is 7.05 Å². The van der Waals surface area contributed by atoms with Gasteiger partial charge in [-0.1, -0.05) is 11.8 Å². The highest BCUT2D eigenvalue weighted by Crippen LogP contribution is 2.12. The first kappa shape index (κ1) is 10.6. The van der Waals surface area contributed by atoms with E-state index < -0.39 is 11.5 Å². The topological polar surface area (TPSA) is 104 Å². The lowest BCUT2D eigenvalue weighted by molar-refractivity contribution is 0.0998. The molecule has 0 radical (unpaired) electrons. The molecular formula is C7H10N4O2S. The normalized spacial score (nSPS) is 10.1. The molecule has 0 aliphatic carbocycles. The first-order chi connectivity index (χ1) is 6.49. The van der Waals surface area contributed by atoms with Gasteiger partial charge >= 0.3 is 0 Å². The Labute approximate surface area is 84.3 Å². The molecule has 1 amide bonds. The molecular weight excluding hydrogens is 204 g/mol. The largest absolute Gasteiger partial charge is 0.383 e. The average Bonchev–Trinajstić information content (AvgIpc) is 2.10. The van der Waals surface area contributed by atoms with Gasteiger partial charge < -0.3 is 11.5 Å². The standard InChI is InChI=1S/C7H10N4O2S/c1-11-6(13)3(5(9)12)4(8)10-7(11)14-2/h8H2,1-2H3,(H2,9,12). The number of anilines is 1. The van der Waals surface area contributed by atoms with Crippen LogP contribution in [0.2, 0.25) is 0 Å². The van der Waals surface area contributed by atoms with Crippen molar-refractivity contribution in [3.8, 4) is 0 Å². The van der Waals surface area contributed by atoms with Crippen molar-refractivity contribution in [1.82, 2.24) is 9.55 Å². The number of carbonyl (C=O) groups excluding carboxylic acids is 1. The third-order valence-corrected chi connectivity index (χ3v) is 2.44. The number of nitrogens with zero attached hydrogens (tertiary/aromatic N) is 2. The molecule has 0 saturated carbocycles. The number of aromatic nitrogens is 2. The van der Waals surface area contributed by atoms with E-state index in [1.54, 1.807) is 6.26 Å². The monoisotopic (exact) mass is 214 g/mol. The molecule has 0 spiro atoms. The Morgan fingerprint density at radius 2 is 2.14 bits per heavy atom. The van der Waals surface area contributed by atoms with Crippen molar-refractivity contribution in [2.75, 3.05) is 12.0 Å². The van der Waals surface area contributed by atoms with E-state index in [9.17, 15) is 9.59 Å². The molecule has 1 aromatic rings. The predicted molar refractivity (Wildman–Crippen MR) is 54.2 cm³/mol. The van der Waals surface area contributed by atoms with E-state index in [4.69, 9.17) is 11.5 Å². The number of hydrogen-bond donors (Lipinski definition) is 2.